The predicted octanol–water partition coefficient (Wildman–Crippen LogP) is 2.22. The Morgan fingerprint density at radius 1 is 1.26 bits per heavy atom. The van der Waals surface area contributed by atoms with E-state index in [0.717, 1.165) is 42.0 Å². The quantitative estimate of drug-likeness (QED) is 0.844. The van der Waals surface area contributed by atoms with Gasteiger partial charge in [0.2, 0.25) is 11.9 Å². The molecule has 2 aromatic rings. The van der Waals surface area contributed by atoms with Gasteiger partial charge in [-0.05, 0) is 25.0 Å². The second-order valence-electron chi connectivity index (χ2n) is 7.41. The third kappa shape index (κ3) is 3.23. The van der Waals surface area contributed by atoms with E-state index in [1.54, 1.807) is 0 Å². The molecular formula is C20H26N6O. The lowest BCUT2D eigenvalue weighted by atomic mass is 9.97. The van der Waals surface area contributed by atoms with E-state index in [-0.39, 0.29) is 18.0 Å². The van der Waals surface area contributed by atoms with Crippen molar-refractivity contribution in [1.29, 1.82) is 0 Å². The standard InChI is InChI=1S/C20H26N6O/c1-25(2)20-23-15-12-14-8-9-16(26(14)17(27)10-11-21)18(15)19(24-20)22-13-6-4-3-5-7-13/h3-7,14,16H,8-12,21H2,1-2H3,(H,22,23,24). The van der Waals surface area contributed by atoms with Gasteiger partial charge in [0.05, 0.1) is 11.7 Å². The number of fused-ring (bicyclic) bond motifs is 4. The van der Waals surface area contributed by atoms with Crippen molar-refractivity contribution < 1.29 is 4.79 Å². The minimum atomic E-state index is 0.0280. The van der Waals surface area contributed by atoms with Gasteiger partial charge in [-0.2, -0.15) is 4.98 Å². The molecular weight excluding hydrogens is 340 g/mol. The van der Waals surface area contributed by atoms with E-state index in [9.17, 15) is 4.79 Å². The molecule has 2 atom stereocenters. The summed E-state index contributed by atoms with van der Waals surface area (Å²) >= 11 is 0. The average molecular weight is 366 g/mol. The van der Waals surface area contributed by atoms with Crippen molar-refractivity contribution in [2.45, 2.75) is 37.8 Å². The second-order valence-corrected chi connectivity index (χ2v) is 7.41. The van der Waals surface area contributed by atoms with E-state index in [0.29, 0.717) is 18.9 Å². The van der Waals surface area contributed by atoms with Crippen LogP contribution < -0.4 is 16.0 Å². The number of carbonyl (C=O) groups excluding carboxylic acids is 1. The molecule has 0 aliphatic carbocycles. The summed E-state index contributed by atoms with van der Waals surface area (Å²) in [6, 6.07) is 10.2. The minimum Gasteiger partial charge on any atom is -0.347 e. The van der Waals surface area contributed by atoms with Crippen molar-refractivity contribution in [2.75, 3.05) is 30.9 Å². The highest BCUT2D eigenvalue weighted by Crippen LogP contribution is 2.46. The summed E-state index contributed by atoms with van der Waals surface area (Å²) in [6.45, 7) is 0.382. The highest BCUT2D eigenvalue weighted by atomic mass is 16.2. The van der Waals surface area contributed by atoms with Crippen molar-refractivity contribution in [1.82, 2.24) is 14.9 Å². The lowest BCUT2D eigenvalue weighted by Crippen LogP contribution is -2.43. The number of rotatable bonds is 5. The molecule has 7 nitrogen and oxygen atoms in total. The maximum Gasteiger partial charge on any atom is 0.227 e. The Morgan fingerprint density at radius 3 is 2.74 bits per heavy atom. The van der Waals surface area contributed by atoms with Crippen LogP contribution in [0.4, 0.5) is 17.5 Å². The fourth-order valence-electron chi connectivity index (χ4n) is 4.18. The number of benzene rings is 1. The van der Waals surface area contributed by atoms with Crippen molar-refractivity contribution in [3.63, 3.8) is 0 Å². The van der Waals surface area contributed by atoms with Crippen molar-refractivity contribution in [3.8, 4) is 0 Å². The van der Waals surface area contributed by atoms with E-state index in [2.05, 4.69) is 5.32 Å². The molecule has 1 saturated heterocycles. The molecule has 1 fully saturated rings. The summed E-state index contributed by atoms with van der Waals surface area (Å²) in [6.07, 6.45) is 3.11. The number of nitrogens with one attached hydrogen (secondary N) is 1. The number of anilines is 3. The molecule has 0 radical (unpaired) electrons. The number of hydrogen-bond donors (Lipinski definition) is 2. The number of carbonyl (C=O) groups is 1. The Kier molecular flexibility index (Phi) is 4.70. The van der Waals surface area contributed by atoms with Gasteiger partial charge in [0.15, 0.2) is 0 Å². The van der Waals surface area contributed by atoms with Crippen molar-refractivity contribution in [3.05, 3.63) is 41.6 Å². The van der Waals surface area contributed by atoms with Gasteiger partial charge in [-0.3, -0.25) is 4.79 Å². The van der Waals surface area contributed by atoms with E-state index in [1.165, 1.54) is 0 Å². The third-order valence-electron chi connectivity index (χ3n) is 5.36. The summed E-state index contributed by atoms with van der Waals surface area (Å²) in [4.78, 5) is 26.2. The smallest absolute Gasteiger partial charge is 0.227 e. The number of aromatic nitrogens is 2. The molecule has 3 heterocycles. The van der Waals surface area contributed by atoms with E-state index in [4.69, 9.17) is 15.7 Å². The Bertz CT molecular complexity index is 838. The first kappa shape index (κ1) is 17.7. The summed E-state index contributed by atoms with van der Waals surface area (Å²) in [5.41, 5.74) is 8.72. The number of nitrogens with two attached hydrogens (primary N) is 1. The van der Waals surface area contributed by atoms with Crippen LogP contribution in [0.25, 0.3) is 0 Å². The van der Waals surface area contributed by atoms with Crippen LogP contribution >= 0.6 is 0 Å². The molecule has 27 heavy (non-hydrogen) atoms. The summed E-state index contributed by atoms with van der Waals surface area (Å²) in [7, 11) is 3.89. The lowest BCUT2D eigenvalue weighted by molar-refractivity contribution is -0.134. The molecule has 4 rings (SSSR count). The molecule has 2 unspecified atom stereocenters. The molecule has 3 N–H and O–H groups in total. The zero-order valence-electron chi connectivity index (χ0n) is 15.9. The molecule has 7 heteroatoms. The average Bonchev–Trinajstić information content (AvgIpc) is 2.96. The zero-order valence-corrected chi connectivity index (χ0v) is 15.9. The fraction of sp³-hybridized carbons (Fsp3) is 0.450. The van der Waals surface area contributed by atoms with Gasteiger partial charge in [-0.15, -0.1) is 0 Å². The maximum absolute atomic E-state index is 12.7. The molecule has 0 saturated carbocycles. The van der Waals surface area contributed by atoms with E-state index >= 15 is 0 Å². The van der Waals surface area contributed by atoms with Crippen LogP contribution in [0.3, 0.4) is 0 Å². The first-order valence-electron chi connectivity index (χ1n) is 9.50. The largest absolute Gasteiger partial charge is 0.347 e. The molecule has 2 aliphatic heterocycles. The maximum atomic E-state index is 12.7. The van der Waals surface area contributed by atoms with Gasteiger partial charge in [0.25, 0.3) is 0 Å². The third-order valence-corrected chi connectivity index (χ3v) is 5.36. The molecule has 142 valence electrons. The van der Waals surface area contributed by atoms with E-state index < -0.39 is 0 Å². The summed E-state index contributed by atoms with van der Waals surface area (Å²) in [5.74, 6) is 1.62. The highest BCUT2D eigenvalue weighted by Gasteiger charge is 2.44. The SMILES string of the molecule is CN(C)c1nc2c(c(Nc3ccccc3)n1)C1CCC(C2)N1C(=O)CCN. The zero-order chi connectivity index (χ0) is 19.0. The Hall–Kier alpha value is -2.67. The topological polar surface area (TPSA) is 87.4 Å². The van der Waals surface area contributed by atoms with E-state index in [1.807, 2.05) is 54.2 Å². The van der Waals surface area contributed by atoms with Gasteiger partial charge in [-0.1, -0.05) is 18.2 Å². The van der Waals surface area contributed by atoms with Gasteiger partial charge in [-0.25, -0.2) is 4.98 Å². The number of amides is 1. The first-order chi connectivity index (χ1) is 13.1. The molecule has 0 spiro atoms. The molecule has 1 aromatic heterocycles. The Balaban J connectivity index is 1.78. The minimum absolute atomic E-state index is 0.0280. The molecule has 2 aliphatic rings. The summed E-state index contributed by atoms with van der Waals surface area (Å²) < 4.78 is 0. The monoisotopic (exact) mass is 366 g/mol. The van der Waals surface area contributed by atoms with Crippen LogP contribution in [-0.2, 0) is 11.2 Å². The van der Waals surface area contributed by atoms with Crippen molar-refractivity contribution >= 4 is 23.4 Å². The van der Waals surface area contributed by atoms with Gasteiger partial charge < -0.3 is 20.9 Å². The van der Waals surface area contributed by atoms with Gasteiger partial charge in [0, 0.05) is 50.8 Å². The molecule has 1 amide bonds. The predicted molar refractivity (Wildman–Crippen MR) is 106 cm³/mol. The first-order valence-corrected chi connectivity index (χ1v) is 9.50. The molecule has 2 bridgehead atoms. The lowest BCUT2D eigenvalue weighted by Gasteiger charge is -2.37. The van der Waals surface area contributed by atoms with Crippen LogP contribution in [0, 0.1) is 0 Å². The Labute approximate surface area is 159 Å². The van der Waals surface area contributed by atoms with Crippen LogP contribution in [0.2, 0.25) is 0 Å². The second kappa shape index (κ2) is 7.15. The summed E-state index contributed by atoms with van der Waals surface area (Å²) in [5, 5.41) is 3.46. The van der Waals surface area contributed by atoms with Crippen LogP contribution in [0.1, 0.15) is 36.6 Å². The van der Waals surface area contributed by atoms with Crippen LogP contribution in [0.5, 0.6) is 0 Å². The van der Waals surface area contributed by atoms with Crippen molar-refractivity contribution in [2.24, 2.45) is 5.73 Å². The van der Waals surface area contributed by atoms with Crippen LogP contribution in [-0.4, -0.2) is 47.5 Å². The number of hydrogen-bond acceptors (Lipinski definition) is 6. The highest BCUT2D eigenvalue weighted by molar-refractivity contribution is 5.79. The number of para-hydroxylation sites is 1. The fourth-order valence-corrected chi connectivity index (χ4v) is 4.18. The van der Waals surface area contributed by atoms with Crippen LogP contribution in [0.15, 0.2) is 30.3 Å². The molecule has 1 aromatic carbocycles. The normalized spacial score (nSPS) is 20.3. The Morgan fingerprint density at radius 2 is 2.04 bits per heavy atom. The number of nitrogens with zero attached hydrogens (tertiary/aromatic N) is 4. The van der Waals surface area contributed by atoms with Gasteiger partial charge in [0.1, 0.15) is 5.82 Å². The van der Waals surface area contributed by atoms with Gasteiger partial charge >= 0.3 is 0 Å².